The van der Waals surface area contributed by atoms with Crippen LogP contribution in [0.2, 0.25) is 0 Å². The Balaban J connectivity index is 1.23. The third-order valence-corrected chi connectivity index (χ3v) is 7.54. The van der Waals surface area contributed by atoms with E-state index in [-0.39, 0.29) is 30.7 Å². The average molecular weight is 476 g/mol. The van der Waals surface area contributed by atoms with Crippen molar-refractivity contribution in [2.75, 3.05) is 6.61 Å². The molecule has 3 aromatic carbocycles. The van der Waals surface area contributed by atoms with Gasteiger partial charge in [0.2, 0.25) is 0 Å². The Labute approximate surface area is 201 Å². The number of carbonyl (C=O) groups excluding carboxylic acids is 1. The van der Waals surface area contributed by atoms with Crippen molar-refractivity contribution >= 4 is 11.7 Å². The largest absolute Gasteiger partial charge is 0.448 e. The van der Waals surface area contributed by atoms with Gasteiger partial charge in [-0.3, -0.25) is 4.90 Å². The van der Waals surface area contributed by atoms with E-state index in [2.05, 4.69) is 24.3 Å². The number of hydrogen-bond donors (Lipinski definition) is 0. The van der Waals surface area contributed by atoms with Crippen LogP contribution in [0.1, 0.15) is 48.3 Å². The lowest BCUT2D eigenvalue weighted by molar-refractivity contribution is 0.0539. The van der Waals surface area contributed by atoms with Crippen LogP contribution in [-0.2, 0) is 4.74 Å². The second-order valence-corrected chi connectivity index (χ2v) is 9.51. The molecule has 178 valence electrons. The Bertz CT molecular complexity index is 1280. The van der Waals surface area contributed by atoms with Crippen LogP contribution >= 0.6 is 0 Å². The van der Waals surface area contributed by atoms with Crippen LogP contribution in [0.15, 0.2) is 66.7 Å². The first kappa shape index (κ1) is 22.0. The molecule has 3 aromatic rings. The molecular weight excluding hydrogens is 451 g/mol. The number of piperidine rings is 1. The molecule has 2 bridgehead atoms. The topological polar surface area (TPSA) is 29.5 Å². The van der Waals surface area contributed by atoms with E-state index in [1.54, 1.807) is 4.90 Å². The molecule has 0 saturated carbocycles. The third kappa shape index (κ3) is 3.72. The van der Waals surface area contributed by atoms with Crippen LogP contribution in [-0.4, -0.2) is 29.7 Å². The first-order valence-corrected chi connectivity index (χ1v) is 12.0. The number of hydrogen-bond acceptors (Lipinski definition) is 2. The molecule has 1 aliphatic carbocycles. The van der Waals surface area contributed by atoms with Gasteiger partial charge in [-0.1, -0.05) is 54.6 Å². The fourth-order valence-electron chi connectivity index (χ4n) is 5.94. The van der Waals surface area contributed by atoms with Crippen molar-refractivity contribution in [1.82, 2.24) is 4.90 Å². The molecule has 2 aliphatic heterocycles. The summed E-state index contributed by atoms with van der Waals surface area (Å²) in [5.41, 5.74) is 5.71. The van der Waals surface area contributed by atoms with Crippen molar-refractivity contribution in [2.24, 2.45) is 0 Å². The highest BCUT2D eigenvalue weighted by molar-refractivity contribution is 5.79. The molecule has 2 unspecified atom stereocenters. The van der Waals surface area contributed by atoms with Gasteiger partial charge in [0.25, 0.3) is 0 Å². The van der Waals surface area contributed by atoms with E-state index in [1.807, 2.05) is 30.3 Å². The molecule has 0 radical (unpaired) electrons. The summed E-state index contributed by atoms with van der Waals surface area (Å²) < 4.78 is 47.0. The Morgan fingerprint density at radius 2 is 1.54 bits per heavy atom. The molecule has 6 heteroatoms. The minimum Gasteiger partial charge on any atom is -0.448 e. The highest BCUT2D eigenvalue weighted by atomic mass is 19.2. The van der Waals surface area contributed by atoms with Crippen LogP contribution in [0, 0.1) is 17.5 Å². The number of benzene rings is 3. The number of carbonyl (C=O) groups is 1. The lowest BCUT2D eigenvalue weighted by Gasteiger charge is -2.44. The van der Waals surface area contributed by atoms with Crippen LogP contribution in [0.3, 0.4) is 0 Å². The molecule has 1 fully saturated rings. The highest BCUT2D eigenvalue weighted by Crippen LogP contribution is 2.45. The van der Waals surface area contributed by atoms with Gasteiger partial charge in [-0.2, -0.15) is 0 Å². The second kappa shape index (κ2) is 8.59. The van der Waals surface area contributed by atoms with Crippen molar-refractivity contribution in [3.8, 4) is 11.1 Å². The highest BCUT2D eigenvalue weighted by Gasteiger charge is 2.39. The molecule has 6 rings (SSSR count). The fourth-order valence-corrected chi connectivity index (χ4v) is 5.94. The fraction of sp³-hybridized carbons (Fsp3) is 0.276. The molecule has 0 N–H and O–H groups in total. The van der Waals surface area contributed by atoms with Crippen molar-refractivity contribution in [1.29, 1.82) is 0 Å². The van der Waals surface area contributed by atoms with Gasteiger partial charge in [0.1, 0.15) is 6.61 Å². The van der Waals surface area contributed by atoms with E-state index in [0.29, 0.717) is 12.0 Å². The van der Waals surface area contributed by atoms with Crippen molar-refractivity contribution < 1.29 is 22.7 Å². The molecule has 1 amide bonds. The van der Waals surface area contributed by atoms with Crippen LogP contribution in [0.5, 0.6) is 0 Å². The molecule has 35 heavy (non-hydrogen) atoms. The van der Waals surface area contributed by atoms with E-state index >= 15 is 0 Å². The molecule has 0 aromatic heterocycles. The molecule has 1 saturated heterocycles. The minimum atomic E-state index is -1.47. The maximum Gasteiger partial charge on any atom is 0.410 e. The molecule has 2 heterocycles. The van der Waals surface area contributed by atoms with Crippen molar-refractivity contribution in [3.63, 3.8) is 0 Å². The first-order valence-electron chi connectivity index (χ1n) is 12.0. The normalized spacial score (nSPS) is 20.8. The number of ether oxygens (including phenoxy) is 1. The van der Waals surface area contributed by atoms with Gasteiger partial charge >= 0.3 is 6.09 Å². The van der Waals surface area contributed by atoms with Crippen LogP contribution < -0.4 is 0 Å². The standard InChI is InChI=1S/C29H24F3NO2/c30-26-14-18(15-27(31)28(26)32)17-12-19-6-5-7-20(13-17)33(19)29(34)35-16-25-23-10-3-1-8-21(23)22-9-2-4-11-24(22)25/h1-4,8-12,14-15,19-20,25H,5-7,13,16H2. The maximum absolute atomic E-state index is 13.8. The quantitative estimate of drug-likeness (QED) is 0.380. The maximum atomic E-state index is 13.8. The van der Waals surface area contributed by atoms with E-state index in [4.69, 9.17) is 4.74 Å². The van der Waals surface area contributed by atoms with E-state index in [0.717, 1.165) is 48.1 Å². The summed E-state index contributed by atoms with van der Waals surface area (Å²) >= 11 is 0. The lowest BCUT2D eigenvalue weighted by atomic mass is 9.83. The number of nitrogens with zero attached hydrogens (tertiary/aromatic N) is 1. The van der Waals surface area contributed by atoms with Gasteiger partial charge in [-0.25, -0.2) is 18.0 Å². The number of fused-ring (bicyclic) bond motifs is 5. The molecule has 3 aliphatic rings. The second-order valence-electron chi connectivity index (χ2n) is 9.51. The van der Waals surface area contributed by atoms with Gasteiger partial charge in [0.05, 0.1) is 6.04 Å². The van der Waals surface area contributed by atoms with Crippen molar-refractivity contribution in [3.05, 3.63) is 101 Å². The SMILES string of the molecule is O=C(OCC1c2ccccc2-c2ccccc21)N1C2C=C(c3cc(F)c(F)c(F)c3)CC1CCC2. The Morgan fingerprint density at radius 3 is 2.17 bits per heavy atom. The monoisotopic (exact) mass is 475 g/mol. The van der Waals surface area contributed by atoms with Gasteiger partial charge in [-0.15, -0.1) is 0 Å². The molecule has 2 atom stereocenters. The first-order chi connectivity index (χ1) is 17.0. The summed E-state index contributed by atoms with van der Waals surface area (Å²) in [6.45, 7) is 0.244. The van der Waals surface area contributed by atoms with Gasteiger partial charge in [-0.05, 0) is 71.2 Å². The van der Waals surface area contributed by atoms with E-state index in [1.165, 1.54) is 11.1 Å². The van der Waals surface area contributed by atoms with E-state index in [9.17, 15) is 18.0 Å². The zero-order valence-electron chi connectivity index (χ0n) is 19.0. The molecule has 3 nitrogen and oxygen atoms in total. The van der Waals surface area contributed by atoms with Crippen LogP contribution in [0.4, 0.5) is 18.0 Å². The summed E-state index contributed by atoms with van der Waals surface area (Å²) in [6, 6.07) is 18.1. The molecular formula is C29H24F3NO2. The zero-order chi connectivity index (χ0) is 24.1. The smallest absolute Gasteiger partial charge is 0.410 e. The predicted octanol–water partition coefficient (Wildman–Crippen LogP) is 7.06. The molecule has 0 spiro atoms. The summed E-state index contributed by atoms with van der Waals surface area (Å²) in [6.07, 6.45) is 4.45. The Hall–Kier alpha value is -3.54. The summed E-state index contributed by atoms with van der Waals surface area (Å²) in [5.74, 6) is -3.90. The number of halogens is 3. The van der Waals surface area contributed by atoms with Gasteiger partial charge < -0.3 is 4.74 Å². The average Bonchev–Trinajstić information content (AvgIpc) is 3.18. The Morgan fingerprint density at radius 1 is 0.914 bits per heavy atom. The number of rotatable bonds is 3. The number of amides is 1. The summed E-state index contributed by atoms with van der Waals surface area (Å²) in [5, 5.41) is 0. The third-order valence-electron chi connectivity index (χ3n) is 7.54. The summed E-state index contributed by atoms with van der Waals surface area (Å²) in [4.78, 5) is 15.1. The predicted molar refractivity (Wildman–Crippen MR) is 127 cm³/mol. The zero-order valence-corrected chi connectivity index (χ0v) is 19.0. The Kier molecular flexibility index (Phi) is 5.39. The summed E-state index contributed by atoms with van der Waals surface area (Å²) in [7, 11) is 0. The van der Waals surface area contributed by atoms with Gasteiger partial charge in [0, 0.05) is 12.0 Å². The van der Waals surface area contributed by atoms with Crippen molar-refractivity contribution in [2.45, 2.75) is 43.7 Å². The minimum absolute atomic E-state index is 0.0211. The lowest BCUT2D eigenvalue weighted by Crippen LogP contribution is -2.51. The van der Waals surface area contributed by atoms with Gasteiger partial charge in [0.15, 0.2) is 17.5 Å². The van der Waals surface area contributed by atoms with E-state index < -0.39 is 17.5 Å². The van der Waals surface area contributed by atoms with Crippen LogP contribution in [0.25, 0.3) is 16.7 Å².